The lowest BCUT2D eigenvalue weighted by Gasteiger charge is -2.18. The standard InChI is InChI=1S/C21H24N2O5S/c1-15-5-3-6-16(13-15)7-4-12-22-29(26,27)17-8-9-19(28-2)18(14-17)23-20(24)10-11-21(23)25/h3,5-6,8-9,13-14,22H,4,7,10-12H2,1-2H3. The van der Waals surface area contributed by atoms with Crippen LogP contribution in [0.4, 0.5) is 5.69 Å². The lowest BCUT2D eigenvalue weighted by Crippen LogP contribution is -2.30. The van der Waals surface area contributed by atoms with E-state index in [2.05, 4.69) is 10.8 Å². The highest BCUT2D eigenvalue weighted by Crippen LogP contribution is 2.34. The van der Waals surface area contributed by atoms with Gasteiger partial charge in [-0.15, -0.1) is 0 Å². The van der Waals surface area contributed by atoms with Gasteiger partial charge in [0.15, 0.2) is 0 Å². The fourth-order valence-electron chi connectivity index (χ4n) is 3.31. The molecule has 0 spiro atoms. The van der Waals surface area contributed by atoms with Crippen LogP contribution >= 0.6 is 0 Å². The first-order chi connectivity index (χ1) is 13.8. The number of aryl methyl sites for hydroxylation is 2. The molecule has 29 heavy (non-hydrogen) atoms. The van der Waals surface area contributed by atoms with E-state index in [9.17, 15) is 18.0 Å². The Morgan fingerprint density at radius 3 is 2.45 bits per heavy atom. The molecule has 1 aliphatic heterocycles. The summed E-state index contributed by atoms with van der Waals surface area (Å²) in [5.74, 6) is -0.463. The molecule has 0 bridgehead atoms. The average Bonchev–Trinajstić information content (AvgIpc) is 3.03. The molecule has 0 atom stereocenters. The van der Waals surface area contributed by atoms with Crippen LogP contribution in [0.1, 0.15) is 30.4 Å². The van der Waals surface area contributed by atoms with E-state index in [-0.39, 0.29) is 47.5 Å². The van der Waals surface area contributed by atoms with E-state index >= 15 is 0 Å². The number of sulfonamides is 1. The van der Waals surface area contributed by atoms with Gasteiger partial charge in [-0.1, -0.05) is 29.8 Å². The molecular formula is C21H24N2O5S. The maximum atomic E-state index is 12.7. The molecule has 0 saturated carbocycles. The molecule has 2 amide bonds. The maximum Gasteiger partial charge on any atom is 0.240 e. The molecular weight excluding hydrogens is 392 g/mol. The molecule has 1 aliphatic rings. The first-order valence-corrected chi connectivity index (χ1v) is 10.9. The van der Waals surface area contributed by atoms with E-state index in [4.69, 9.17) is 4.74 Å². The Kier molecular flexibility index (Phi) is 6.34. The minimum atomic E-state index is -3.79. The third kappa shape index (κ3) is 4.83. The molecule has 154 valence electrons. The monoisotopic (exact) mass is 416 g/mol. The minimum absolute atomic E-state index is 0.0173. The molecule has 1 heterocycles. The third-order valence-corrected chi connectivity index (χ3v) is 6.23. The molecule has 2 aromatic carbocycles. The van der Waals surface area contributed by atoms with Gasteiger partial charge in [-0.05, 0) is 43.5 Å². The predicted octanol–water partition coefficient (Wildman–Crippen LogP) is 2.57. The zero-order chi connectivity index (χ0) is 21.0. The summed E-state index contributed by atoms with van der Waals surface area (Å²) in [6.45, 7) is 2.29. The summed E-state index contributed by atoms with van der Waals surface area (Å²) in [6.07, 6.45) is 1.62. The number of imide groups is 1. The average molecular weight is 416 g/mol. The maximum absolute atomic E-state index is 12.7. The van der Waals surface area contributed by atoms with E-state index in [0.29, 0.717) is 6.42 Å². The molecule has 8 heteroatoms. The molecule has 0 aliphatic carbocycles. The van der Waals surface area contributed by atoms with Gasteiger partial charge in [0.25, 0.3) is 0 Å². The first-order valence-electron chi connectivity index (χ1n) is 9.41. The second-order valence-corrected chi connectivity index (χ2v) is 8.71. The molecule has 7 nitrogen and oxygen atoms in total. The number of rotatable bonds is 8. The van der Waals surface area contributed by atoms with Gasteiger partial charge in [-0.3, -0.25) is 9.59 Å². The van der Waals surface area contributed by atoms with Crippen LogP contribution in [0.15, 0.2) is 47.4 Å². The lowest BCUT2D eigenvalue weighted by molar-refractivity contribution is -0.121. The van der Waals surface area contributed by atoms with Crippen molar-refractivity contribution in [2.45, 2.75) is 37.5 Å². The summed E-state index contributed by atoms with van der Waals surface area (Å²) < 4.78 is 33.2. The number of nitrogens with zero attached hydrogens (tertiary/aromatic N) is 1. The number of hydrogen-bond donors (Lipinski definition) is 1. The van der Waals surface area contributed by atoms with Crippen LogP contribution in [-0.4, -0.2) is 33.9 Å². The van der Waals surface area contributed by atoms with Crippen molar-refractivity contribution >= 4 is 27.5 Å². The first kappa shape index (κ1) is 21.0. The normalized spacial score (nSPS) is 14.5. The van der Waals surface area contributed by atoms with E-state index in [1.807, 2.05) is 25.1 Å². The minimum Gasteiger partial charge on any atom is -0.495 e. The van der Waals surface area contributed by atoms with Crippen molar-refractivity contribution in [1.29, 1.82) is 0 Å². The van der Waals surface area contributed by atoms with Crippen molar-refractivity contribution in [2.24, 2.45) is 0 Å². The number of benzene rings is 2. The van der Waals surface area contributed by atoms with E-state index in [1.54, 1.807) is 0 Å². The Balaban J connectivity index is 1.72. The summed E-state index contributed by atoms with van der Waals surface area (Å²) in [5, 5.41) is 0. The smallest absolute Gasteiger partial charge is 0.240 e. The van der Waals surface area contributed by atoms with Gasteiger partial charge in [0.1, 0.15) is 5.75 Å². The van der Waals surface area contributed by atoms with Crippen molar-refractivity contribution < 1.29 is 22.7 Å². The second kappa shape index (κ2) is 8.75. The van der Waals surface area contributed by atoms with Crippen molar-refractivity contribution in [3.8, 4) is 5.75 Å². The quantitative estimate of drug-likeness (QED) is 0.527. The van der Waals surface area contributed by atoms with Gasteiger partial charge in [0.05, 0.1) is 17.7 Å². The van der Waals surface area contributed by atoms with Gasteiger partial charge >= 0.3 is 0 Å². The summed E-state index contributed by atoms with van der Waals surface area (Å²) in [6, 6.07) is 12.3. The third-order valence-electron chi connectivity index (χ3n) is 4.77. The van der Waals surface area contributed by atoms with E-state index in [0.717, 1.165) is 16.9 Å². The summed E-state index contributed by atoms with van der Waals surface area (Å²) >= 11 is 0. The van der Waals surface area contributed by atoms with Gasteiger partial charge in [-0.25, -0.2) is 18.0 Å². The molecule has 0 aromatic heterocycles. The molecule has 2 aromatic rings. The lowest BCUT2D eigenvalue weighted by atomic mass is 10.1. The van der Waals surface area contributed by atoms with Crippen LogP contribution in [-0.2, 0) is 26.0 Å². The molecule has 1 fully saturated rings. The van der Waals surface area contributed by atoms with E-state index < -0.39 is 10.0 Å². The SMILES string of the molecule is COc1ccc(S(=O)(=O)NCCCc2cccc(C)c2)cc1N1C(=O)CCC1=O. The molecule has 0 unspecified atom stereocenters. The summed E-state index contributed by atoms with van der Waals surface area (Å²) in [4.78, 5) is 25.1. The highest BCUT2D eigenvalue weighted by atomic mass is 32.2. The van der Waals surface area contributed by atoms with Crippen LogP contribution in [0.3, 0.4) is 0 Å². The van der Waals surface area contributed by atoms with Crippen LogP contribution in [0.25, 0.3) is 0 Å². The predicted molar refractivity (Wildman–Crippen MR) is 109 cm³/mol. The molecule has 0 radical (unpaired) electrons. The Labute approximate surface area is 170 Å². The Bertz CT molecular complexity index is 1020. The van der Waals surface area contributed by atoms with Crippen LogP contribution in [0.5, 0.6) is 5.75 Å². The van der Waals surface area contributed by atoms with E-state index in [1.165, 1.54) is 30.9 Å². The Morgan fingerprint density at radius 1 is 1.07 bits per heavy atom. The Morgan fingerprint density at radius 2 is 1.79 bits per heavy atom. The van der Waals surface area contributed by atoms with Crippen molar-refractivity contribution in [1.82, 2.24) is 4.72 Å². The number of amides is 2. The number of nitrogens with one attached hydrogen (secondary N) is 1. The summed E-state index contributed by atoms with van der Waals surface area (Å²) in [5.41, 5.74) is 2.48. The number of carbonyl (C=O) groups excluding carboxylic acids is 2. The number of anilines is 1. The Hall–Kier alpha value is -2.71. The summed E-state index contributed by atoms with van der Waals surface area (Å²) in [7, 11) is -2.39. The van der Waals surface area contributed by atoms with Crippen LogP contribution in [0.2, 0.25) is 0 Å². The molecule has 3 rings (SSSR count). The molecule has 1 N–H and O–H groups in total. The van der Waals surface area contributed by atoms with Crippen LogP contribution in [0, 0.1) is 6.92 Å². The fraction of sp³-hybridized carbons (Fsp3) is 0.333. The highest BCUT2D eigenvalue weighted by Gasteiger charge is 2.33. The number of ether oxygens (including phenoxy) is 1. The molecule has 1 saturated heterocycles. The van der Waals surface area contributed by atoms with Crippen LogP contribution < -0.4 is 14.4 Å². The van der Waals surface area contributed by atoms with Crippen molar-refractivity contribution in [2.75, 3.05) is 18.6 Å². The zero-order valence-electron chi connectivity index (χ0n) is 16.5. The van der Waals surface area contributed by atoms with Gasteiger partial charge in [-0.2, -0.15) is 0 Å². The highest BCUT2D eigenvalue weighted by molar-refractivity contribution is 7.89. The van der Waals surface area contributed by atoms with Crippen molar-refractivity contribution in [3.63, 3.8) is 0 Å². The van der Waals surface area contributed by atoms with Gasteiger partial charge in [0, 0.05) is 19.4 Å². The van der Waals surface area contributed by atoms with Gasteiger partial charge < -0.3 is 4.74 Å². The van der Waals surface area contributed by atoms with Crippen molar-refractivity contribution in [3.05, 3.63) is 53.6 Å². The zero-order valence-corrected chi connectivity index (χ0v) is 17.3. The van der Waals surface area contributed by atoms with Gasteiger partial charge in [0.2, 0.25) is 21.8 Å². The second-order valence-electron chi connectivity index (χ2n) is 6.95. The fourth-order valence-corrected chi connectivity index (χ4v) is 4.40. The number of methoxy groups -OCH3 is 1. The topological polar surface area (TPSA) is 92.8 Å². The number of hydrogen-bond acceptors (Lipinski definition) is 5. The number of carbonyl (C=O) groups is 2. The largest absolute Gasteiger partial charge is 0.495 e.